The molecule has 4 nitrogen and oxygen atoms in total. The Kier molecular flexibility index (Phi) is 4.58. The van der Waals surface area contributed by atoms with Crippen LogP contribution >= 0.6 is 24.2 Å². The molecule has 88 valence electrons. The molecule has 1 aromatic carbocycles. The van der Waals surface area contributed by atoms with Gasteiger partial charge in [-0.3, -0.25) is 0 Å². The van der Waals surface area contributed by atoms with E-state index in [-0.39, 0.29) is 17.8 Å². The van der Waals surface area contributed by atoms with Gasteiger partial charge < -0.3 is 10.5 Å². The highest BCUT2D eigenvalue weighted by Gasteiger charge is 2.39. The van der Waals surface area contributed by atoms with Crippen LogP contribution in [-0.4, -0.2) is 23.8 Å². The summed E-state index contributed by atoms with van der Waals surface area (Å²) in [5.74, 6) is 0.781. The van der Waals surface area contributed by atoms with Crippen LogP contribution in [0.5, 0.6) is 5.75 Å². The van der Waals surface area contributed by atoms with Crippen LogP contribution in [0.3, 0.4) is 0 Å². The second kappa shape index (κ2) is 5.52. The fourth-order valence-electron chi connectivity index (χ4n) is 1.57. The zero-order chi connectivity index (χ0) is 10.8. The van der Waals surface area contributed by atoms with Crippen LogP contribution in [0.4, 0.5) is 5.69 Å². The van der Waals surface area contributed by atoms with E-state index in [1.165, 1.54) is 0 Å². The van der Waals surface area contributed by atoms with Gasteiger partial charge in [-0.25, -0.2) is 0 Å². The second-order valence-corrected chi connectivity index (χ2v) is 4.53. The summed E-state index contributed by atoms with van der Waals surface area (Å²) < 4.78 is 6.15. The number of nitrogens with zero attached hydrogens (tertiary/aromatic N) is 1. The maximum atomic E-state index is 11.8. The number of benzene rings is 1. The SMILES string of the molecule is COc1ccc2c(c1)SC(CCN)[N+]2=O.Cl. The highest BCUT2D eigenvalue weighted by molar-refractivity contribution is 8.00. The standard InChI is InChI=1S/C10H13N2O2S.ClH/c1-14-7-2-3-8-9(6-7)15-10(4-5-11)12(8)13;/h2-3,6,10H,4-5,11H2,1H3;1H/q+1;. The highest BCUT2D eigenvalue weighted by Crippen LogP contribution is 2.44. The number of nitroso groups, excluding NO2 is 1. The lowest BCUT2D eigenvalue weighted by Gasteiger charge is -1.97. The minimum absolute atomic E-state index is 0. The first-order valence-corrected chi connectivity index (χ1v) is 5.65. The molecule has 1 aromatic rings. The maximum absolute atomic E-state index is 11.8. The van der Waals surface area contributed by atoms with Crippen molar-refractivity contribution in [1.82, 2.24) is 0 Å². The number of fused-ring (bicyclic) bond motifs is 1. The monoisotopic (exact) mass is 261 g/mol. The molecule has 1 heterocycles. The summed E-state index contributed by atoms with van der Waals surface area (Å²) in [7, 11) is 1.62. The molecule has 2 rings (SSSR count). The van der Waals surface area contributed by atoms with Crippen molar-refractivity contribution in [2.24, 2.45) is 5.73 Å². The van der Waals surface area contributed by atoms with Crippen molar-refractivity contribution in [3.05, 3.63) is 23.1 Å². The zero-order valence-corrected chi connectivity index (χ0v) is 10.5. The number of ether oxygens (including phenoxy) is 1. The van der Waals surface area contributed by atoms with Gasteiger partial charge in [0.15, 0.2) is 0 Å². The summed E-state index contributed by atoms with van der Waals surface area (Å²) in [4.78, 5) is 12.8. The number of nitrogens with two attached hydrogens (primary N) is 1. The second-order valence-electron chi connectivity index (χ2n) is 3.31. The van der Waals surface area contributed by atoms with E-state index in [4.69, 9.17) is 10.5 Å². The van der Waals surface area contributed by atoms with Gasteiger partial charge in [-0.05, 0) is 24.4 Å². The number of methoxy groups -OCH3 is 1. The molecule has 0 fully saturated rings. The lowest BCUT2D eigenvalue weighted by atomic mass is 10.3. The van der Waals surface area contributed by atoms with Crippen molar-refractivity contribution in [3.63, 3.8) is 0 Å². The lowest BCUT2D eigenvalue weighted by Crippen LogP contribution is -2.16. The number of hydrogen-bond donors (Lipinski definition) is 1. The van der Waals surface area contributed by atoms with Gasteiger partial charge in [0.05, 0.1) is 16.8 Å². The van der Waals surface area contributed by atoms with Gasteiger partial charge >= 0.3 is 0 Å². The largest absolute Gasteiger partial charge is 0.497 e. The predicted molar refractivity (Wildman–Crippen MR) is 66.8 cm³/mol. The summed E-state index contributed by atoms with van der Waals surface area (Å²) in [6, 6.07) is 5.49. The van der Waals surface area contributed by atoms with E-state index in [0.29, 0.717) is 13.0 Å². The smallest absolute Gasteiger partial charge is 0.271 e. The van der Waals surface area contributed by atoms with Crippen LogP contribution in [0.15, 0.2) is 23.1 Å². The predicted octanol–water partition coefficient (Wildman–Crippen LogP) is 2.31. The fourth-order valence-corrected chi connectivity index (χ4v) is 2.79. The first-order chi connectivity index (χ1) is 7.26. The van der Waals surface area contributed by atoms with Crippen LogP contribution in [0.1, 0.15) is 6.42 Å². The van der Waals surface area contributed by atoms with Crippen LogP contribution in [0.25, 0.3) is 0 Å². The maximum Gasteiger partial charge on any atom is 0.271 e. The molecule has 1 aliphatic heterocycles. The van der Waals surface area contributed by atoms with Crippen LogP contribution < -0.4 is 10.5 Å². The van der Waals surface area contributed by atoms with Crippen molar-refractivity contribution in [3.8, 4) is 5.75 Å². The average Bonchev–Trinajstić information content (AvgIpc) is 2.56. The number of thioether (sulfide) groups is 1. The first kappa shape index (κ1) is 13.3. The van der Waals surface area contributed by atoms with Crippen molar-refractivity contribution in [1.29, 1.82) is 0 Å². The Bertz CT molecular complexity index is 400. The molecular formula is C10H14ClN2O2S+. The first-order valence-electron chi connectivity index (χ1n) is 4.77. The highest BCUT2D eigenvalue weighted by atomic mass is 35.5. The van der Waals surface area contributed by atoms with E-state index >= 15 is 0 Å². The molecule has 0 spiro atoms. The summed E-state index contributed by atoms with van der Waals surface area (Å²) >= 11 is 1.55. The van der Waals surface area contributed by atoms with Gasteiger partial charge in [-0.2, -0.15) is 0 Å². The molecule has 0 saturated heterocycles. The topological polar surface area (TPSA) is 55.3 Å². The molecule has 6 heteroatoms. The van der Waals surface area contributed by atoms with Crippen LogP contribution in [0, 0.1) is 4.91 Å². The summed E-state index contributed by atoms with van der Waals surface area (Å²) in [5, 5.41) is -0.0860. The van der Waals surface area contributed by atoms with E-state index in [1.54, 1.807) is 31.0 Å². The van der Waals surface area contributed by atoms with E-state index in [1.807, 2.05) is 6.07 Å². The fraction of sp³-hybridized carbons (Fsp3) is 0.400. The Morgan fingerprint density at radius 3 is 2.94 bits per heavy atom. The lowest BCUT2D eigenvalue weighted by molar-refractivity contribution is -0.476. The zero-order valence-electron chi connectivity index (χ0n) is 8.88. The van der Waals surface area contributed by atoms with Gasteiger partial charge in [0.25, 0.3) is 11.1 Å². The van der Waals surface area contributed by atoms with Gasteiger partial charge in [-0.15, -0.1) is 12.4 Å². The molecule has 16 heavy (non-hydrogen) atoms. The Morgan fingerprint density at radius 1 is 1.56 bits per heavy atom. The minimum atomic E-state index is -0.0860. The molecule has 0 amide bonds. The Balaban J connectivity index is 0.00000128. The van der Waals surface area contributed by atoms with Gasteiger partial charge in [0.2, 0.25) is 0 Å². The molecule has 0 bridgehead atoms. The normalized spacial score (nSPS) is 17.9. The van der Waals surface area contributed by atoms with Gasteiger partial charge in [0, 0.05) is 23.5 Å². The van der Waals surface area contributed by atoms with Gasteiger partial charge in [0.1, 0.15) is 5.75 Å². The van der Waals surface area contributed by atoms with Gasteiger partial charge in [-0.1, -0.05) is 0 Å². The third-order valence-electron chi connectivity index (χ3n) is 2.34. The van der Waals surface area contributed by atoms with Crippen LogP contribution in [0.2, 0.25) is 0 Å². The molecule has 0 radical (unpaired) electrons. The summed E-state index contributed by atoms with van der Waals surface area (Å²) in [5.41, 5.74) is 6.18. The Morgan fingerprint density at radius 2 is 2.31 bits per heavy atom. The molecule has 0 saturated carbocycles. The third kappa shape index (κ3) is 2.31. The van der Waals surface area contributed by atoms with E-state index in [2.05, 4.69) is 0 Å². The molecule has 2 N–H and O–H groups in total. The van der Waals surface area contributed by atoms with Crippen molar-refractivity contribution in [2.45, 2.75) is 16.7 Å². The Hall–Kier alpha value is -0.780. The van der Waals surface area contributed by atoms with E-state index in [0.717, 1.165) is 21.1 Å². The Labute approximate surface area is 105 Å². The molecule has 1 aliphatic rings. The molecule has 0 aliphatic carbocycles. The number of rotatable bonds is 3. The quantitative estimate of drug-likeness (QED) is 0.849. The average molecular weight is 262 g/mol. The van der Waals surface area contributed by atoms with Crippen LogP contribution in [-0.2, 0) is 0 Å². The van der Waals surface area contributed by atoms with Crippen molar-refractivity contribution in [2.75, 3.05) is 13.7 Å². The molecule has 1 unspecified atom stereocenters. The third-order valence-corrected chi connectivity index (χ3v) is 3.62. The van der Waals surface area contributed by atoms with Crippen molar-refractivity contribution < 1.29 is 9.50 Å². The molecule has 1 atom stereocenters. The molecule has 0 aromatic heterocycles. The van der Waals surface area contributed by atoms with E-state index < -0.39 is 0 Å². The summed E-state index contributed by atoms with van der Waals surface area (Å²) in [6.07, 6.45) is 0.700. The minimum Gasteiger partial charge on any atom is -0.497 e. The number of hydrogen-bond acceptors (Lipinski definition) is 4. The number of halogens is 1. The molecular weight excluding hydrogens is 248 g/mol. The van der Waals surface area contributed by atoms with E-state index in [9.17, 15) is 4.91 Å². The summed E-state index contributed by atoms with van der Waals surface area (Å²) in [6.45, 7) is 0.529. The van der Waals surface area contributed by atoms with Crippen molar-refractivity contribution >= 4 is 29.9 Å².